The zero-order valence-electron chi connectivity index (χ0n) is 20.7. The summed E-state index contributed by atoms with van der Waals surface area (Å²) in [6, 6.07) is 13.4. The van der Waals surface area contributed by atoms with Gasteiger partial charge in [0.1, 0.15) is 0 Å². The second-order valence-electron chi connectivity index (χ2n) is 8.25. The van der Waals surface area contributed by atoms with Crippen molar-refractivity contribution in [2.75, 3.05) is 0 Å². The van der Waals surface area contributed by atoms with Gasteiger partial charge in [0.25, 0.3) is 0 Å². The quantitative estimate of drug-likeness (QED) is 0.243. The predicted octanol–water partition coefficient (Wildman–Crippen LogP) is 8.77. The summed E-state index contributed by atoms with van der Waals surface area (Å²) < 4.78 is 0. The molecule has 0 radical (unpaired) electrons. The van der Waals surface area contributed by atoms with Crippen LogP contribution in [0.4, 0.5) is 11.4 Å². The van der Waals surface area contributed by atoms with Crippen molar-refractivity contribution in [3.8, 4) is 0 Å². The summed E-state index contributed by atoms with van der Waals surface area (Å²) in [5.74, 6) is 0. The van der Waals surface area contributed by atoms with E-state index in [2.05, 4.69) is 77.9 Å². The van der Waals surface area contributed by atoms with Crippen LogP contribution >= 0.6 is 0 Å². The normalized spacial score (nSPS) is 12.5. The Morgan fingerprint density at radius 1 is 0.581 bits per heavy atom. The van der Waals surface area contributed by atoms with Crippen LogP contribution < -0.4 is 0 Å². The molecule has 0 bridgehead atoms. The Morgan fingerprint density at radius 2 is 1.06 bits per heavy atom. The zero-order valence-corrected chi connectivity index (χ0v) is 20.7. The summed E-state index contributed by atoms with van der Waals surface area (Å²) in [7, 11) is 0. The molecule has 0 amide bonds. The topological polar surface area (TPSA) is 24.7 Å². The first-order valence-corrected chi connectivity index (χ1v) is 12.5. The maximum absolute atomic E-state index is 5.14. The molecule has 2 heteroatoms. The molecule has 0 aliphatic rings. The summed E-state index contributed by atoms with van der Waals surface area (Å²) >= 11 is 0. The van der Waals surface area contributed by atoms with Crippen molar-refractivity contribution in [2.45, 2.75) is 99.3 Å². The van der Waals surface area contributed by atoms with E-state index in [1.54, 1.807) is 0 Å². The molecule has 0 atom stereocenters. The lowest BCUT2D eigenvalue weighted by atomic mass is 10.0. The van der Waals surface area contributed by atoms with Gasteiger partial charge in [-0.25, -0.2) is 0 Å². The SMILES string of the molecule is CCCCCC(=Nc1ccc(CC)c(CC)c1)C(CC)=Nc1ccc(CC)c(CC)c1. The Bertz CT molecular complexity index is 890. The number of hydrogen-bond donors (Lipinski definition) is 0. The number of aryl methyl sites for hydroxylation is 4. The number of aliphatic imine (C=N–C) groups is 2. The molecular formula is C29H42N2. The molecule has 2 aromatic carbocycles. The van der Waals surface area contributed by atoms with E-state index in [-0.39, 0.29) is 0 Å². The molecule has 0 saturated heterocycles. The van der Waals surface area contributed by atoms with E-state index in [0.717, 1.165) is 67.7 Å². The maximum Gasteiger partial charge on any atom is 0.0636 e. The third-order valence-corrected chi connectivity index (χ3v) is 6.12. The molecule has 0 aliphatic heterocycles. The van der Waals surface area contributed by atoms with Gasteiger partial charge in [-0.1, -0.05) is 66.5 Å². The van der Waals surface area contributed by atoms with Crippen LogP contribution in [0.2, 0.25) is 0 Å². The molecule has 0 fully saturated rings. The Labute approximate surface area is 190 Å². The Hall–Kier alpha value is -2.22. The van der Waals surface area contributed by atoms with E-state index in [9.17, 15) is 0 Å². The molecule has 0 aromatic heterocycles. The molecule has 2 rings (SSSR count). The van der Waals surface area contributed by atoms with E-state index in [4.69, 9.17) is 9.98 Å². The molecule has 0 N–H and O–H groups in total. The fourth-order valence-corrected chi connectivity index (χ4v) is 4.18. The average Bonchev–Trinajstić information content (AvgIpc) is 2.81. The third-order valence-electron chi connectivity index (χ3n) is 6.12. The van der Waals surface area contributed by atoms with Crippen molar-refractivity contribution in [2.24, 2.45) is 9.98 Å². The van der Waals surface area contributed by atoms with E-state index >= 15 is 0 Å². The molecule has 31 heavy (non-hydrogen) atoms. The minimum Gasteiger partial charge on any atom is -0.252 e. The number of unbranched alkanes of at least 4 members (excludes halogenated alkanes) is 2. The minimum absolute atomic E-state index is 0.898. The molecule has 0 aliphatic carbocycles. The van der Waals surface area contributed by atoms with Crippen molar-refractivity contribution in [1.29, 1.82) is 0 Å². The van der Waals surface area contributed by atoms with Crippen LogP contribution in [0.1, 0.15) is 95.9 Å². The highest BCUT2D eigenvalue weighted by atomic mass is 14.8. The molecular weight excluding hydrogens is 376 g/mol. The Balaban J connectivity index is 2.47. The number of rotatable bonds is 12. The first-order chi connectivity index (χ1) is 15.1. The Morgan fingerprint density at radius 3 is 1.48 bits per heavy atom. The molecule has 0 saturated carbocycles. The van der Waals surface area contributed by atoms with Gasteiger partial charge in [-0.2, -0.15) is 0 Å². The fourth-order valence-electron chi connectivity index (χ4n) is 4.18. The second kappa shape index (κ2) is 13.2. The van der Waals surface area contributed by atoms with Gasteiger partial charge in [0.15, 0.2) is 0 Å². The second-order valence-corrected chi connectivity index (χ2v) is 8.25. The van der Waals surface area contributed by atoms with Gasteiger partial charge in [0.2, 0.25) is 0 Å². The summed E-state index contributed by atoms with van der Waals surface area (Å²) in [4.78, 5) is 10.2. The van der Waals surface area contributed by atoms with Crippen LogP contribution in [0.3, 0.4) is 0 Å². The lowest BCUT2D eigenvalue weighted by molar-refractivity contribution is 0.743. The van der Waals surface area contributed by atoms with E-state index < -0.39 is 0 Å². The van der Waals surface area contributed by atoms with Crippen LogP contribution in [0, 0.1) is 0 Å². The largest absolute Gasteiger partial charge is 0.252 e. The minimum atomic E-state index is 0.898. The van der Waals surface area contributed by atoms with Gasteiger partial charge in [-0.3, -0.25) is 9.98 Å². The smallest absolute Gasteiger partial charge is 0.0636 e. The van der Waals surface area contributed by atoms with Gasteiger partial charge in [-0.15, -0.1) is 0 Å². The number of nitrogens with zero attached hydrogens (tertiary/aromatic N) is 2. The highest BCUT2D eigenvalue weighted by molar-refractivity contribution is 6.43. The van der Waals surface area contributed by atoms with Crippen LogP contribution in [-0.2, 0) is 25.7 Å². The van der Waals surface area contributed by atoms with Crippen LogP contribution in [0.25, 0.3) is 0 Å². The summed E-state index contributed by atoms with van der Waals surface area (Å²) in [6.07, 6.45) is 9.76. The van der Waals surface area contributed by atoms with Crippen molar-refractivity contribution in [3.05, 3.63) is 58.7 Å². The molecule has 2 aromatic rings. The van der Waals surface area contributed by atoms with Crippen molar-refractivity contribution in [3.63, 3.8) is 0 Å². The van der Waals surface area contributed by atoms with Gasteiger partial charge in [0, 0.05) is 0 Å². The maximum atomic E-state index is 5.14. The van der Waals surface area contributed by atoms with Gasteiger partial charge in [-0.05, 0) is 91.5 Å². The number of hydrogen-bond acceptors (Lipinski definition) is 2. The lowest BCUT2D eigenvalue weighted by Gasteiger charge is -2.12. The van der Waals surface area contributed by atoms with Crippen LogP contribution in [0.15, 0.2) is 46.4 Å². The van der Waals surface area contributed by atoms with Crippen LogP contribution in [-0.4, -0.2) is 11.4 Å². The van der Waals surface area contributed by atoms with Gasteiger partial charge >= 0.3 is 0 Å². The van der Waals surface area contributed by atoms with E-state index in [0.29, 0.717) is 0 Å². The van der Waals surface area contributed by atoms with Crippen molar-refractivity contribution < 1.29 is 0 Å². The lowest BCUT2D eigenvalue weighted by Crippen LogP contribution is -2.13. The first kappa shape index (κ1) is 25.0. The predicted molar refractivity (Wildman–Crippen MR) is 139 cm³/mol. The summed E-state index contributed by atoms with van der Waals surface area (Å²) in [5, 5.41) is 0. The Kier molecular flexibility index (Phi) is 10.7. The molecule has 0 heterocycles. The van der Waals surface area contributed by atoms with Gasteiger partial charge in [0.05, 0.1) is 22.8 Å². The zero-order chi connectivity index (χ0) is 22.6. The van der Waals surface area contributed by atoms with Crippen molar-refractivity contribution in [1.82, 2.24) is 0 Å². The van der Waals surface area contributed by atoms with E-state index in [1.165, 1.54) is 35.1 Å². The van der Waals surface area contributed by atoms with Gasteiger partial charge < -0.3 is 0 Å². The van der Waals surface area contributed by atoms with Crippen molar-refractivity contribution >= 4 is 22.8 Å². The number of benzene rings is 2. The first-order valence-electron chi connectivity index (χ1n) is 12.5. The monoisotopic (exact) mass is 418 g/mol. The van der Waals surface area contributed by atoms with Crippen LogP contribution in [0.5, 0.6) is 0 Å². The fraction of sp³-hybridized carbons (Fsp3) is 0.517. The summed E-state index contributed by atoms with van der Waals surface area (Å²) in [6.45, 7) is 13.4. The van der Waals surface area contributed by atoms with E-state index in [1.807, 2.05) is 0 Å². The molecule has 0 spiro atoms. The summed E-state index contributed by atoms with van der Waals surface area (Å²) in [5.41, 5.74) is 10.1. The molecule has 0 unspecified atom stereocenters. The third kappa shape index (κ3) is 7.16. The molecule has 168 valence electrons. The molecule has 2 nitrogen and oxygen atoms in total. The highest BCUT2D eigenvalue weighted by Crippen LogP contribution is 2.24. The standard InChI is InChI=1S/C29H42N2/c1-7-13-14-15-29(31-27-19-17-23(9-3)25(11-5)21-27)28(12-6)30-26-18-16-22(8-2)24(10-4)20-26/h16-21H,7-15H2,1-6H3. The highest BCUT2D eigenvalue weighted by Gasteiger charge is 2.10. The average molecular weight is 419 g/mol.